The molecule has 0 saturated carbocycles. The Hall–Kier alpha value is 1.66. The third kappa shape index (κ3) is 7.66. The molecule has 0 aromatic heterocycles. The smallest absolute Gasteiger partial charge is 0.417 e. The molecule has 0 fully saturated rings. The molecule has 0 saturated heterocycles. The Bertz CT molecular complexity index is 77.1. The summed E-state index contributed by atoms with van der Waals surface area (Å²) in [6, 6.07) is 0. The maximum atomic E-state index is 9.49. The highest BCUT2D eigenvalue weighted by Gasteiger charge is 2.17. The van der Waals surface area contributed by atoms with Crippen molar-refractivity contribution in [1.82, 2.24) is 0 Å². The van der Waals surface area contributed by atoms with Gasteiger partial charge in [0.1, 0.15) is 6.61 Å². The van der Waals surface area contributed by atoms with Gasteiger partial charge >= 0.3 is 6.47 Å². The summed E-state index contributed by atoms with van der Waals surface area (Å²) in [5, 5.41) is 0. The van der Waals surface area contributed by atoms with Gasteiger partial charge in [-0.1, -0.05) is 67.8 Å². The normalized spacial score (nSPS) is 10.9. The minimum absolute atomic E-state index is 0.0231. The average Bonchev–Trinajstić information content (AvgIpc) is 1.59. The van der Waals surface area contributed by atoms with Crippen molar-refractivity contribution >= 4 is 74.2 Å². The van der Waals surface area contributed by atoms with Crippen LogP contribution in [0, 0.1) is 0 Å². The van der Waals surface area contributed by atoms with Crippen LogP contribution in [0.4, 0.5) is 0 Å². The van der Waals surface area contributed by atoms with Crippen molar-refractivity contribution in [2.45, 2.75) is -0.565 Å². The molecule has 47 valence electrons. The van der Waals surface area contributed by atoms with E-state index in [1.165, 1.54) is 6.47 Å². The second-order valence-corrected chi connectivity index (χ2v) is 12.7. The van der Waals surface area contributed by atoms with E-state index in [2.05, 4.69) is 72.5 Å². The Labute approximate surface area is 88.5 Å². The molecule has 0 atom stereocenters. The van der Waals surface area contributed by atoms with Crippen LogP contribution >= 0.6 is 67.8 Å². The van der Waals surface area contributed by atoms with Crippen molar-refractivity contribution in [2.24, 2.45) is 0 Å². The second-order valence-electron chi connectivity index (χ2n) is 0.987. The summed E-state index contributed by atoms with van der Waals surface area (Å²) in [5.41, 5.74) is 0. The third-order valence-electron chi connectivity index (χ3n) is 0.295. The van der Waals surface area contributed by atoms with Crippen LogP contribution < -0.4 is 0 Å². The largest absolute Gasteiger partial charge is 0.454 e. The zero-order chi connectivity index (χ0) is 6.62. The van der Waals surface area contributed by atoms with Crippen LogP contribution in [0.5, 0.6) is 0 Å². The highest BCUT2D eigenvalue weighted by atomic mass is 127. The van der Waals surface area contributed by atoms with Crippen molar-refractivity contribution in [2.75, 3.05) is 6.61 Å². The molecule has 0 aliphatic carbocycles. The van der Waals surface area contributed by atoms with Crippen LogP contribution in [0.25, 0.3) is 0 Å². The van der Waals surface area contributed by atoms with Crippen LogP contribution in [0.3, 0.4) is 0 Å². The van der Waals surface area contributed by atoms with E-state index in [4.69, 9.17) is 0 Å². The van der Waals surface area contributed by atoms with E-state index in [9.17, 15) is 4.79 Å². The van der Waals surface area contributed by atoms with Crippen LogP contribution in [0.15, 0.2) is 0 Å². The second kappa shape index (κ2) is 4.47. The molecular weight excluding hydrogens is 449 g/mol. The maximum Gasteiger partial charge on any atom is 0.417 e. The van der Waals surface area contributed by atoms with Crippen LogP contribution in [-0.4, -0.2) is 12.5 Å². The Morgan fingerprint density at radius 3 is 2.12 bits per heavy atom. The summed E-state index contributed by atoms with van der Waals surface area (Å²) in [5.74, 6) is 0. The number of carbonyl (C=O) groups excluding carboxylic acids is 1. The Morgan fingerprint density at radius 2 is 2.00 bits per heavy atom. The molecule has 0 heterocycles. The standard InChI is InChI=1S/C3H2I3O2/c4-3(5,6)1-8-2-7/h1H2. The van der Waals surface area contributed by atoms with E-state index in [0.717, 1.165) is 0 Å². The molecule has 0 amide bonds. The van der Waals surface area contributed by atoms with Gasteiger partial charge in [-0.3, -0.25) is 0 Å². The number of halogens is 3. The summed E-state index contributed by atoms with van der Waals surface area (Å²) in [6.45, 7) is 1.76. The zero-order valence-electron chi connectivity index (χ0n) is 3.66. The molecule has 0 aromatic carbocycles. The Morgan fingerprint density at radius 1 is 1.50 bits per heavy atom. The zero-order valence-corrected chi connectivity index (χ0v) is 10.1. The molecule has 0 N–H and O–H groups in total. The summed E-state index contributed by atoms with van der Waals surface area (Å²) in [4.78, 5) is 9.49. The lowest BCUT2D eigenvalue weighted by atomic mass is 10.9. The molecule has 0 unspecified atom stereocenters. The molecule has 2 nitrogen and oxygen atoms in total. The number of rotatable bonds is 3. The van der Waals surface area contributed by atoms with Gasteiger partial charge in [-0.15, -0.1) is 0 Å². The molecule has 0 spiro atoms. The van der Waals surface area contributed by atoms with Gasteiger partial charge in [-0.05, 0) is 0 Å². The number of hydrogen-bond acceptors (Lipinski definition) is 2. The number of hydrogen-bond donors (Lipinski definition) is 0. The first-order chi connectivity index (χ1) is 3.56. The van der Waals surface area contributed by atoms with E-state index in [1.807, 2.05) is 0 Å². The molecule has 8 heavy (non-hydrogen) atoms. The molecular formula is C3H2I3O2. The minimum atomic E-state index is -0.0231. The summed E-state index contributed by atoms with van der Waals surface area (Å²) >= 11 is 6.51. The van der Waals surface area contributed by atoms with Gasteiger partial charge in [0.2, 0.25) is 0 Å². The molecule has 0 bridgehead atoms. The fourth-order valence-electron chi connectivity index (χ4n) is 0.111. The van der Waals surface area contributed by atoms with E-state index in [1.54, 1.807) is 0 Å². The van der Waals surface area contributed by atoms with E-state index in [0.29, 0.717) is 6.61 Å². The maximum absolute atomic E-state index is 9.49. The lowest BCUT2D eigenvalue weighted by molar-refractivity contribution is 0.296. The van der Waals surface area contributed by atoms with Crippen molar-refractivity contribution in [3.63, 3.8) is 0 Å². The quantitative estimate of drug-likeness (QED) is 0.486. The Balaban J connectivity index is 3.24. The van der Waals surface area contributed by atoms with E-state index in [-0.39, 0.29) is -0.565 Å². The summed E-state index contributed by atoms with van der Waals surface area (Å²) < 4.78 is 4.35. The van der Waals surface area contributed by atoms with Gasteiger partial charge in [0.05, 0.1) is 0 Å². The van der Waals surface area contributed by atoms with Crippen LogP contribution in [-0.2, 0) is 9.53 Å². The lowest BCUT2D eigenvalue weighted by Gasteiger charge is -2.07. The predicted molar refractivity (Wildman–Crippen MR) is 56.4 cm³/mol. The molecule has 1 radical (unpaired) electrons. The fourth-order valence-corrected chi connectivity index (χ4v) is 0.578. The highest BCUT2D eigenvalue weighted by Crippen LogP contribution is 2.35. The predicted octanol–water partition coefficient (Wildman–Crippen LogP) is 2.03. The van der Waals surface area contributed by atoms with Crippen LogP contribution in [0.2, 0.25) is 0 Å². The van der Waals surface area contributed by atoms with Gasteiger partial charge in [-0.25, -0.2) is 4.79 Å². The van der Waals surface area contributed by atoms with Crippen molar-refractivity contribution in [3.05, 3.63) is 0 Å². The van der Waals surface area contributed by atoms with Crippen molar-refractivity contribution in [1.29, 1.82) is 0 Å². The first-order valence-corrected chi connectivity index (χ1v) is 4.85. The SMILES string of the molecule is O=[C]OCC(I)(I)I. The fraction of sp³-hybridized carbons (Fsp3) is 0.667. The monoisotopic (exact) mass is 451 g/mol. The topological polar surface area (TPSA) is 26.3 Å². The minimum Gasteiger partial charge on any atom is -0.454 e. The molecule has 0 aromatic rings. The third-order valence-corrected chi connectivity index (χ3v) is 1.23. The van der Waals surface area contributed by atoms with Crippen molar-refractivity contribution < 1.29 is 9.53 Å². The highest BCUT2D eigenvalue weighted by molar-refractivity contribution is 14.3. The first-order valence-electron chi connectivity index (χ1n) is 1.62. The Kier molecular flexibility index (Phi) is 5.40. The average molecular weight is 451 g/mol. The van der Waals surface area contributed by atoms with E-state index >= 15 is 0 Å². The number of ether oxygens (including phenoxy) is 1. The molecule has 0 aliphatic heterocycles. The summed E-state index contributed by atoms with van der Waals surface area (Å²) in [7, 11) is 0. The molecule has 0 aliphatic rings. The molecule has 5 heteroatoms. The lowest BCUT2D eigenvalue weighted by Crippen LogP contribution is -2.08. The number of alkyl halides is 3. The van der Waals surface area contributed by atoms with Gasteiger partial charge in [0.25, 0.3) is 0 Å². The van der Waals surface area contributed by atoms with Crippen molar-refractivity contribution in [3.8, 4) is 0 Å². The first kappa shape index (κ1) is 9.66. The van der Waals surface area contributed by atoms with Gasteiger partial charge in [0.15, 0.2) is -0.565 Å². The molecule has 0 rings (SSSR count). The van der Waals surface area contributed by atoms with Gasteiger partial charge in [-0.2, -0.15) is 0 Å². The van der Waals surface area contributed by atoms with Crippen LogP contribution in [0.1, 0.15) is 0 Å². The van der Waals surface area contributed by atoms with Gasteiger partial charge < -0.3 is 4.74 Å². The van der Waals surface area contributed by atoms with Gasteiger partial charge in [0, 0.05) is 0 Å². The van der Waals surface area contributed by atoms with E-state index < -0.39 is 0 Å². The summed E-state index contributed by atoms with van der Waals surface area (Å²) in [6.07, 6.45) is 0.